The third-order valence-corrected chi connectivity index (χ3v) is 4.76. The molecule has 2 aromatic heterocycles. The third kappa shape index (κ3) is 3.62. The summed E-state index contributed by atoms with van der Waals surface area (Å²) in [5.74, 6) is 0.244. The fraction of sp³-hybridized carbons (Fsp3) is 0.250. The minimum Gasteiger partial charge on any atom is -0.339 e. The lowest BCUT2D eigenvalue weighted by Crippen LogP contribution is -2.48. The molecular weight excluding hydrogens is 356 g/mol. The number of hydrogen-bond donors (Lipinski definition) is 1. The molecule has 0 spiro atoms. The number of nitrogens with zero attached hydrogens (tertiary/aromatic N) is 5. The van der Waals surface area contributed by atoms with Crippen LogP contribution in [0, 0.1) is 0 Å². The molecule has 28 heavy (non-hydrogen) atoms. The second-order valence-electron chi connectivity index (χ2n) is 6.57. The molecule has 8 nitrogen and oxygen atoms in total. The Hall–Kier alpha value is -3.55. The minimum absolute atomic E-state index is 0.0670. The van der Waals surface area contributed by atoms with Gasteiger partial charge in [0.05, 0.1) is 11.2 Å². The Labute approximate surface area is 162 Å². The molecule has 1 aromatic carbocycles. The fourth-order valence-corrected chi connectivity index (χ4v) is 3.24. The van der Waals surface area contributed by atoms with Crippen LogP contribution >= 0.6 is 0 Å². The smallest absolute Gasteiger partial charge is 0.274 e. The van der Waals surface area contributed by atoms with Crippen LogP contribution in [-0.2, 0) is 4.79 Å². The molecule has 1 fully saturated rings. The maximum absolute atomic E-state index is 12.7. The van der Waals surface area contributed by atoms with Crippen molar-refractivity contribution >= 4 is 34.4 Å². The largest absolute Gasteiger partial charge is 0.339 e. The summed E-state index contributed by atoms with van der Waals surface area (Å²) >= 11 is 0. The van der Waals surface area contributed by atoms with Gasteiger partial charge in [-0.1, -0.05) is 18.2 Å². The van der Waals surface area contributed by atoms with Crippen LogP contribution in [0.2, 0.25) is 0 Å². The minimum atomic E-state index is -0.316. The number of para-hydroxylation sites is 1. The second-order valence-corrected chi connectivity index (χ2v) is 6.57. The Bertz CT molecular complexity index is 1020. The number of amides is 2. The van der Waals surface area contributed by atoms with Crippen LogP contribution in [0.3, 0.4) is 0 Å². The van der Waals surface area contributed by atoms with Crippen molar-refractivity contribution in [3.8, 4) is 0 Å². The summed E-state index contributed by atoms with van der Waals surface area (Å²) in [5, 5.41) is 3.84. The van der Waals surface area contributed by atoms with E-state index in [2.05, 4.69) is 20.3 Å². The maximum Gasteiger partial charge on any atom is 0.274 e. The average Bonchev–Trinajstić information content (AvgIpc) is 2.74. The Balaban J connectivity index is 1.51. The molecule has 2 amide bonds. The number of pyridine rings is 1. The van der Waals surface area contributed by atoms with Gasteiger partial charge in [0.1, 0.15) is 5.69 Å². The summed E-state index contributed by atoms with van der Waals surface area (Å²) in [5.41, 5.74) is 1.65. The quantitative estimate of drug-likeness (QED) is 0.751. The Morgan fingerprint density at radius 3 is 2.54 bits per heavy atom. The Morgan fingerprint density at radius 2 is 1.75 bits per heavy atom. The first-order chi connectivity index (χ1) is 13.6. The molecule has 1 aliphatic heterocycles. The first-order valence-corrected chi connectivity index (χ1v) is 9.10. The van der Waals surface area contributed by atoms with Crippen LogP contribution < -0.4 is 10.2 Å². The summed E-state index contributed by atoms with van der Waals surface area (Å²) in [4.78, 5) is 41.0. The number of hydrogen-bond acceptors (Lipinski definition) is 6. The molecular formula is C20H20N6O2. The zero-order chi connectivity index (χ0) is 19.5. The van der Waals surface area contributed by atoms with Gasteiger partial charge >= 0.3 is 0 Å². The number of carbonyl (C=O) groups is 2. The van der Waals surface area contributed by atoms with Crippen molar-refractivity contribution in [3.05, 3.63) is 54.5 Å². The molecule has 0 atom stereocenters. The van der Waals surface area contributed by atoms with Crippen LogP contribution in [0.5, 0.6) is 0 Å². The summed E-state index contributed by atoms with van der Waals surface area (Å²) in [6.07, 6.45) is 3.28. The van der Waals surface area contributed by atoms with E-state index in [0.717, 1.165) is 10.9 Å². The number of carbonyl (C=O) groups excluding carboxylic acids is 2. The highest BCUT2D eigenvalue weighted by Gasteiger charge is 2.21. The number of rotatable bonds is 3. The SMILES string of the molecule is CC(=O)N1CCN(c2nccc(C(=O)Nc3cccc4cccnc34)n2)CC1. The van der Waals surface area contributed by atoms with E-state index in [1.165, 1.54) is 0 Å². The van der Waals surface area contributed by atoms with Crippen molar-refractivity contribution in [3.63, 3.8) is 0 Å². The van der Waals surface area contributed by atoms with Crippen molar-refractivity contribution in [1.82, 2.24) is 19.9 Å². The van der Waals surface area contributed by atoms with E-state index in [0.29, 0.717) is 37.8 Å². The van der Waals surface area contributed by atoms with Crippen LogP contribution in [0.25, 0.3) is 10.9 Å². The predicted molar refractivity (Wildman–Crippen MR) is 106 cm³/mol. The molecule has 4 rings (SSSR count). The van der Waals surface area contributed by atoms with Gasteiger partial charge in [0.25, 0.3) is 5.91 Å². The van der Waals surface area contributed by atoms with Crippen LogP contribution in [0.1, 0.15) is 17.4 Å². The lowest BCUT2D eigenvalue weighted by Gasteiger charge is -2.34. The molecule has 1 aliphatic rings. The topological polar surface area (TPSA) is 91.3 Å². The number of aromatic nitrogens is 3. The zero-order valence-corrected chi connectivity index (χ0v) is 15.5. The lowest BCUT2D eigenvalue weighted by atomic mass is 10.2. The van der Waals surface area contributed by atoms with Crippen LogP contribution in [-0.4, -0.2) is 57.8 Å². The molecule has 1 saturated heterocycles. The maximum atomic E-state index is 12.7. The highest BCUT2D eigenvalue weighted by Crippen LogP contribution is 2.21. The van der Waals surface area contributed by atoms with Gasteiger partial charge < -0.3 is 15.1 Å². The van der Waals surface area contributed by atoms with Gasteiger partial charge in [-0.2, -0.15) is 0 Å². The Kier molecular flexibility index (Phi) is 4.84. The van der Waals surface area contributed by atoms with E-state index in [1.807, 2.05) is 35.2 Å². The molecule has 0 bridgehead atoms. The van der Waals surface area contributed by atoms with Crippen molar-refractivity contribution < 1.29 is 9.59 Å². The number of nitrogens with one attached hydrogen (secondary N) is 1. The van der Waals surface area contributed by atoms with E-state index in [-0.39, 0.29) is 17.5 Å². The van der Waals surface area contributed by atoms with E-state index >= 15 is 0 Å². The molecule has 0 aliphatic carbocycles. The van der Waals surface area contributed by atoms with Crippen LogP contribution in [0.15, 0.2) is 48.8 Å². The van der Waals surface area contributed by atoms with E-state index in [9.17, 15) is 9.59 Å². The standard InChI is InChI=1S/C20H20N6O2/c1-14(27)25-10-12-26(13-11-25)20-22-9-7-17(24-20)19(28)23-16-6-2-4-15-5-3-8-21-18(15)16/h2-9H,10-13H2,1H3,(H,23,28). The molecule has 3 aromatic rings. The number of benzene rings is 1. The van der Waals surface area contributed by atoms with Gasteiger partial charge in [0.2, 0.25) is 11.9 Å². The van der Waals surface area contributed by atoms with Gasteiger partial charge in [-0.3, -0.25) is 14.6 Å². The Morgan fingerprint density at radius 1 is 0.964 bits per heavy atom. The highest BCUT2D eigenvalue weighted by atomic mass is 16.2. The van der Waals surface area contributed by atoms with Crippen molar-refractivity contribution in [1.29, 1.82) is 0 Å². The normalized spacial score (nSPS) is 14.2. The van der Waals surface area contributed by atoms with Gasteiger partial charge in [-0.15, -0.1) is 0 Å². The molecule has 0 radical (unpaired) electrons. The molecule has 1 N–H and O–H groups in total. The highest BCUT2D eigenvalue weighted by molar-refractivity contribution is 6.07. The average molecular weight is 376 g/mol. The number of fused-ring (bicyclic) bond motifs is 1. The van der Waals surface area contributed by atoms with Crippen LogP contribution in [0.4, 0.5) is 11.6 Å². The summed E-state index contributed by atoms with van der Waals surface area (Å²) in [6, 6.07) is 11.0. The van der Waals surface area contributed by atoms with Crippen molar-refractivity contribution in [2.45, 2.75) is 6.92 Å². The zero-order valence-electron chi connectivity index (χ0n) is 15.5. The van der Waals surface area contributed by atoms with Gasteiger partial charge in [0.15, 0.2) is 0 Å². The fourth-order valence-electron chi connectivity index (χ4n) is 3.24. The van der Waals surface area contributed by atoms with Crippen molar-refractivity contribution in [2.24, 2.45) is 0 Å². The monoisotopic (exact) mass is 376 g/mol. The number of piperazine rings is 1. The molecule has 3 heterocycles. The molecule has 0 unspecified atom stereocenters. The van der Waals surface area contributed by atoms with E-state index < -0.39 is 0 Å². The van der Waals surface area contributed by atoms with E-state index in [4.69, 9.17) is 0 Å². The molecule has 0 saturated carbocycles. The first kappa shape index (κ1) is 17.8. The summed E-state index contributed by atoms with van der Waals surface area (Å²) in [6.45, 7) is 4.09. The predicted octanol–water partition coefficient (Wildman–Crippen LogP) is 1.95. The van der Waals surface area contributed by atoms with E-state index in [1.54, 1.807) is 30.3 Å². The van der Waals surface area contributed by atoms with Crippen molar-refractivity contribution in [2.75, 3.05) is 36.4 Å². The molecule has 142 valence electrons. The summed E-state index contributed by atoms with van der Waals surface area (Å²) < 4.78 is 0. The number of anilines is 2. The van der Waals surface area contributed by atoms with Gasteiger partial charge in [0, 0.05) is 50.9 Å². The van der Waals surface area contributed by atoms with Gasteiger partial charge in [-0.25, -0.2) is 9.97 Å². The summed E-state index contributed by atoms with van der Waals surface area (Å²) in [7, 11) is 0. The third-order valence-electron chi connectivity index (χ3n) is 4.76. The van der Waals surface area contributed by atoms with Gasteiger partial charge in [-0.05, 0) is 18.2 Å². The molecule has 8 heteroatoms. The first-order valence-electron chi connectivity index (χ1n) is 9.10. The second kappa shape index (κ2) is 7.59. The lowest BCUT2D eigenvalue weighted by molar-refractivity contribution is -0.129.